The van der Waals surface area contributed by atoms with Gasteiger partial charge in [-0.05, 0) is 54.8 Å². The van der Waals surface area contributed by atoms with E-state index in [2.05, 4.69) is 0 Å². The molecule has 1 aliphatic carbocycles. The highest BCUT2D eigenvalue weighted by molar-refractivity contribution is 5.93. The third kappa shape index (κ3) is 4.63. The quantitative estimate of drug-likeness (QED) is 0.346. The number of esters is 2. The molecule has 0 aromatic heterocycles. The lowest BCUT2D eigenvalue weighted by atomic mass is 9.69. The molecule has 2 aromatic carbocycles. The molecule has 2 N–H and O–H groups in total. The van der Waals surface area contributed by atoms with Crippen LogP contribution in [0.15, 0.2) is 48.5 Å². The molecule has 1 amide bonds. The molecule has 1 saturated carbocycles. The summed E-state index contributed by atoms with van der Waals surface area (Å²) in [4.78, 5) is 35.7. The van der Waals surface area contributed by atoms with Crippen molar-refractivity contribution in [1.82, 2.24) is 5.48 Å². The molecule has 0 bridgehead atoms. The summed E-state index contributed by atoms with van der Waals surface area (Å²) in [6.07, 6.45) is 4.23. The van der Waals surface area contributed by atoms with Crippen LogP contribution in [0, 0.1) is 0 Å². The Bertz CT molecular complexity index is 883. The first-order chi connectivity index (χ1) is 13.9. The maximum absolute atomic E-state index is 13.2. The van der Waals surface area contributed by atoms with Crippen LogP contribution in [0.3, 0.4) is 0 Å². The highest BCUT2D eigenvalue weighted by atomic mass is 16.5. The van der Waals surface area contributed by atoms with E-state index in [1.165, 1.54) is 31.2 Å². The van der Waals surface area contributed by atoms with Gasteiger partial charge >= 0.3 is 11.9 Å². The number of carbonyl (C=O) groups excluding carboxylic acids is 3. The highest BCUT2D eigenvalue weighted by Crippen LogP contribution is 2.41. The van der Waals surface area contributed by atoms with Gasteiger partial charge in [0.15, 0.2) is 0 Å². The van der Waals surface area contributed by atoms with Crippen LogP contribution in [0.5, 0.6) is 11.5 Å². The molecule has 0 heterocycles. The van der Waals surface area contributed by atoms with Crippen molar-refractivity contribution < 1.29 is 29.1 Å². The van der Waals surface area contributed by atoms with Gasteiger partial charge in [0.05, 0.1) is 5.41 Å². The van der Waals surface area contributed by atoms with Crippen LogP contribution in [-0.2, 0) is 15.0 Å². The van der Waals surface area contributed by atoms with Crippen molar-refractivity contribution in [2.75, 3.05) is 0 Å². The van der Waals surface area contributed by atoms with E-state index in [-0.39, 0.29) is 11.5 Å². The van der Waals surface area contributed by atoms with E-state index in [0.717, 1.165) is 24.8 Å². The second kappa shape index (κ2) is 8.87. The van der Waals surface area contributed by atoms with Crippen LogP contribution in [0.2, 0.25) is 0 Å². The molecule has 1 aliphatic rings. The van der Waals surface area contributed by atoms with Gasteiger partial charge in [0.2, 0.25) is 0 Å². The minimum absolute atomic E-state index is 0.251. The van der Waals surface area contributed by atoms with Gasteiger partial charge in [0.1, 0.15) is 11.5 Å². The number of hydrogen-bond donors (Lipinski definition) is 2. The topological polar surface area (TPSA) is 102 Å². The summed E-state index contributed by atoms with van der Waals surface area (Å²) in [5, 5.41) is 8.69. The van der Waals surface area contributed by atoms with Gasteiger partial charge in [-0.3, -0.25) is 19.6 Å². The first-order valence-corrected chi connectivity index (χ1v) is 9.50. The lowest BCUT2D eigenvalue weighted by molar-refractivity contribution is -0.142. The van der Waals surface area contributed by atoms with E-state index in [1.54, 1.807) is 29.7 Å². The zero-order chi connectivity index (χ0) is 20.9. The zero-order valence-corrected chi connectivity index (χ0v) is 16.1. The maximum Gasteiger partial charge on any atom is 0.321 e. The Hall–Kier alpha value is -3.19. The summed E-state index contributed by atoms with van der Waals surface area (Å²) in [7, 11) is 0. The minimum Gasteiger partial charge on any atom is -0.427 e. The van der Waals surface area contributed by atoms with E-state index >= 15 is 0 Å². The van der Waals surface area contributed by atoms with Crippen molar-refractivity contribution >= 4 is 17.8 Å². The highest BCUT2D eigenvalue weighted by Gasteiger charge is 2.43. The van der Waals surface area contributed by atoms with Crippen molar-refractivity contribution in [2.24, 2.45) is 0 Å². The third-order valence-electron chi connectivity index (χ3n) is 5.19. The molecular weight excluding hydrogens is 374 g/mol. The summed E-state index contributed by atoms with van der Waals surface area (Å²) in [6.45, 7) is 1.34. The van der Waals surface area contributed by atoms with Gasteiger partial charge in [0.25, 0.3) is 5.91 Å². The van der Waals surface area contributed by atoms with Crippen LogP contribution in [0.4, 0.5) is 0 Å². The Kier molecular flexibility index (Phi) is 6.29. The van der Waals surface area contributed by atoms with Crippen molar-refractivity contribution in [1.29, 1.82) is 0 Å². The summed E-state index contributed by atoms with van der Waals surface area (Å²) in [6, 6.07) is 12.9. The SMILES string of the molecule is CC(=O)Oc1ccc(C2(C(=O)Oc3ccc(C(=O)NO)cc3)CCCCC2)cc1. The zero-order valence-electron chi connectivity index (χ0n) is 16.1. The first-order valence-electron chi connectivity index (χ1n) is 9.50. The number of benzene rings is 2. The van der Waals surface area contributed by atoms with Crippen molar-refractivity contribution in [3.63, 3.8) is 0 Å². The molecule has 0 aliphatic heterocycles. The molecule has 0 unspecified atom stereocenters. The Morgan fingerprint density at radius 3 is 1.97 bits per heavy atom. The number of amides is 1. The van der Waals surface area contributed by atoms with Crippen LogP contribution in [0.25, 0.3) is 0 Å². The molecule has 2 aromatic rings. The number of hydroxylamine groups is 1. The van der Waals surface area contributed by atoms with Crippen molar-refractivity contribution in [2.45, 2.75) is 44.4 Å². The molecule has 0 spiro atoms. The van der Waals surface area contributed by atoms with E-state index in [0.29, 0.717) is 24.3 Å². The fourth-order valence-electron chi connectivity index (χ4n) is 3.72. The molecule has 7 nitrogen and oxygen atoms in total. The van der Waals surface area contributed by atoms with Crippen LogP contribution in [-0.4, -0.2) is 23.1 Å². The summed E-state index contributed by atoms with van der Waals surface area (Å²) in [5.41, 5.74) is 1.87. The molecule has 1 fully saturated rings. The molecule has 152 valence electrons. The molecule has 0 saturated heterocycles. The van der Waals surface area contributed by atoms with Gasteiger partial charge in [0, 0.05) is 12.5 Å². The van der Waals surface area contributed by atoms with Crippen LogP contribution < -0.4 is 15.0 Å². The summed E-state index contributed by atoms with van der Waals surface area (Å²) >= 11 is 0. The second-order valence-corrected chi connectivity index (χ2v) is 7.12. The number of rotatable bonds is 5. The number of hydrogen-bond acceptors (Lipinski definition) is 6. The predicted octanol–water partition coefficient (Wildman–Crippen LogP) is 3.54. The number of carbonyl (C=O) groups is 3. The van der Waals surface area contributed by atoms with E-state index < -0.39 is 17.3 Å². The third-order valence-corrected chi connectivity index (χ3v) is 5.19. The number of nitrogens with one attached hydrogen (secondary N) is 1. The smallest absolute Gasteiger partial charge is 0.321 e. The van der Waals surface area contributed by atoms with Crippen LogP contribution in [0.1, 0.15) is 54.9 Å². The summed E-state index contributed by atoms with van der Waals surface area (Å²) in [5.74, 6) is -0.636. The average Bonchev–Trinajstić information content (AvgIpc) is 2.74. The minimum atomic E-state index is -0.770. The molecule has 7 heteroatoms. The summed E-state index contributed by atoms with van der Waals surface area (Å²) < 4.78 is 10.7. The van der Waals surface area contributed by atoms with Crippen molar-refractivity contribution in [3.05, 3.63) is 59.7 Å². The fourth-order valence-corrected chi connectivity index (χ4v) is 3.72. The Morgan fingerprint density at radius 1 is 0.862 bits per heavy atom. The van der Waals surface area contributed by atoms with Crippen LogP contribution >= 0.6 is 0 Å². The van der Waals surface area contributed by atoms with E-state index in [1.807, 2.05) is 0 Å². The van der Waals surface area contributed by atoms with E-state index in [4.69, 9.17) is 14.7 Å². The van der Waals surface area contributed by atoms with Gasteiger partial charge in [-0.15, -0.1) is 0 Å². The van der Waals surface area contributed by atoms with Gasteiger partial charge in [-0.1, -0.05) is 31.4 Å². The molecule has 29 heavy (non-hydrogen) atoms. The number of ether oxygens (including phenoxy) is 2. The van der Waals surface area contributed by atoms with Gasteiger partial charge in [-0.25, -0.2) is 5.48 Å². The largest absolute Gasteiger partial charge is 0.427 e. The average molecular weight is 397 g/mol. The molecular formula is C22H23NO6. The van der Waals surface area contributed by atoms with Crippen molar-refractivity contribution in [3.8, 4) is 11.5 Å². The normalized spacial score (nSPS) is 15.2. The predicted molar refractivity (Wildman–Crippen MR) is 104 cm³/mol. The molecule has 3 rings (SSSR count). The molecule has 0 atom stereocenters. The monoisotopic (exact) mass is 397 g/mol. The Balaban J connectivity index is 1.83. The lowest BCUT2D eigenvalue weighted by Crippen LogP contribution is -2.41. The maximum atomic E-state index is 13.2. The lowest BCUT2D eigenvalue weighted by Gasteiger charge is -2.35. The van der Waals surface area contributed by atoms with E-state index in [9.17, 15) is 14.4 Å². The fraction of sp³-hybridized carbons (Fsp3) is 0.318. The standard InChI is InChI=1S/C22H23NO6/c1-15(24)28-18-11-7-17(8-12-18)22(13-3-2-4-14-22)21(26)29-19-9-5-16(6-10-19)20(25)23-27/h5-12,27H,2-4,13-14H2,1H3,(H,23,25). The second-order valence-electron chi connectivity index (χ2n) is 7.12. The first kappa shape index (κ1) is 20.5. The Morgan fingerprint density at radius 2 is 1.41 bits per heavy atom. The Labute approximate surface area is 168 Å². The van der Waals surface area contributed by atoms with Gasteiger partial charge in [-0.2, -0.15) is 0 Å². The molecule has 0 radical (unpaired) electrons. The van der Waals surface area contributed by atoms with Gasteiger partial charge < -0.3 is 9.47 Å².